The first-order chi connectivity index (χ1) is 14.6. The summed E-state index contributed by atoms with van der Waals surface area (Å²) in [7, 11) is 4.16. The molecule has 0 atom stereocenters. The largest absolute Gasteiger partial charge is 1.00 e. The summed E-state index contributed by atoms with van der Waals surface area (Å²) in [6.07, 6.45) is 7.06. The van der Waals surface area contributed by atoms with Crippen molar-refractivity contribution in [2.45, 2.75) is 52.4 Å². The number of carbonyl (C=O) groups is 1. The Morgan fingerprint density at radius 1 is 1.13 bits per heavy atom. The van der Waals surface area contributed by atoms with E-state index in [-0.39, 0.29) is 111 Å². The molecule has 2 aliphatic heterocycles. The Morgan fingerprint density at radius 3 is 1.74 bits per heavy atom. The van der Waals surface area contributed by atoms with E-state index >= 15 is 0 Å². The Bertz CT molecular complexity index is 304. The van der Waals surface area contributed by atoms with Gasteiger partial charge in [0.25, 0.3) is 6.47 Å². The van der Waals surface area contributed by atoms with Crippen LogP contribution in [-0.2, 0) is 9.68 Å². The van der Waals surface area contributed by atoms with Crippen molar-refractivity contribution >= 4 is 14.6 Å². The van der Waals surface area contributed by atoms with Gasteiger partial charge in [-0.05, 0) is 83.6 Å². The molecule has 2 aliphatic rings. The van der Waals surface area contributed by atoms with E-state index in [0.717, 1.165) is 37.8 Å². The molecule has 0 aromatic rings. The zero-order chi connectivity index (χ0) is 24.0. The number of carbonyl (C=O) groups excluding carboxylic acids is 1. The second kappa shape index (κ2) is 45.9. The van der Waals surface area contributed by atoms with Crippen molar-refractivity contribution in [2.75, 3.05) is 53.6 Å². The Labute approximate surface area is 277 Å². The molecule has 12 heteroatoms. The minimum atomic E-state index is -1.00. The number of hydrogen-bond donors (Lipinski definition) is 3. The van der Waals surface area contributed by atoms with Crippen LogP contribution in [0, 0.1) is 11.8 Å². The van der Waals surface area contributed by atoms with Gasteiger partial charge in [-0.3, -0.25) is 9.18 Å². The van der Waals surface area contributed by atoms with E-state index in [4.69, 9.17) is 26.0 Å². The summed E-state index contributed by atoms with van der Waals surface area (Å²) in [5.74, 6) is 1.58. The third kappa shape index (κ3) is 39.9. The van der Waals surface area contributed by atoms with Gasteiger partial charge in [-0.25, -0.2) is 0 Å². The summed E-state index contributed by atoms with van der Waals surface area (Å²) in [5, 5.41) is 29.0. The molecule has 2 rings (SSSR count). The summed E-state index contributed by atoms with van der Waals surface area (Å²) < 4.78 is 24.5. The number of hydrogen-bond acceptors (Lipinski definition) is 7. The number of rotatable bonds is 5. The summed E-state index contributed by atoms with van der Waals surface area (Å²) >= 11 is 0. The smallest absolute Gasteiger partial charge is 1.00 e. The first-order valence-corrected chi connectivity index (χ1v) is 9.99. The number of nitrogens with zero attached hydrogens (tertiary/aromatic N) is 1. The van der Waals surface area contributed by atoms with Gasteiger partial charge in [0.1, 0.15) is 0 Å². The molecule has 31 heavy (non-hydrogen) atoms. The molecular weight excluding hydrogens is 463 g/mol. The summed E-state index contributed by atoms with van der Waals surface area (Å²) in [4.78, 5) is 13.6. The molecule has 7 nitrogen and oxygen atoms in total. The second-order valence-electron chi connectivity index (χ2n) is 6.16. The molecule has 0 bridgehead atoms. The van der Waals surface area contributed by atoms with Crippen LogP contribution < -0.4 is 113 Å². The maximum absolute atomic E-state index is 9.96. The normalized spacial score (nSPS) is 15.7. The van der Waals surface area contributed by atoms with Crippen LogP contribution >= 0.6 is 0 Å². The summed E-state index contributed by atoms with van der Waals surface area (Å²) in [5.41, 5.74) is 0. The maximum Gasteiger partial charge on any atom is 1.00 e. The Kier molecular flexibility index (Phi) is 64.4. The van der Waals surface area contributed by atoms with Crippen molar-refractivity contribution in [3.05, 3.63) is 0 Å². The van der Waals surface area contributed by atoms with Gasteiger partial charge < -0.3 is 36.3 Å². The van der Waals surface area contributed by atoms with Gasteiger partial charge in [-0.1, -0.05) is 13.8 Å². The van der Waals surface area contributed by atoms with Crippen molar-refractivity contribution in [1.29, 1.82) is 0 Å². The molecule has 2 fully saturated rings. The predicted molar refractivity (Wildman–Crippen MR) is 113 cm³/mol. The van der Waals surface area contributed by atoms with Crippen molar-refractivity contribution in [1.82, 2.24) is 10.2 Å². The van der Waals surface area contributed by atoms with Crippen molar-refractivity contribution < 1.29 is 139 Å². The molecule has 2 heterocycles. The van der Waals surface area contributed by atoms with Crippen LogP contribution in [0.15, 0.2) is 0 Å². The van der Waals surface area contributed by atoms with E-state index in [1.54, 1.807) is 0 Å². The fourth-order valence-electron chi connectivity index (χ4n) is 2.89. The van der Waals surface area contributed by atoms with Crippen molar-refractivity contribution in [2.24, 2.45) is 11.8 Å². The average molecular weight is 508 g/mol. The quantitative estimate of drug-likeness (QED) is 0.149. The summed E-state index contributed by atoms with van der Waals surface area (Å²) in [6, 6.07) is 0. The first-order valence-electron chi connectivity index (χ1n) is 10.7. The number of piperidine rings is 2. The molecule has 0 unspecified atom stereocenters. The molecule has 0 aromatic heterocycles. The Morgan fingerprint density at radius 2 is 1.45 bits per heavy atom. The minimum Gasteiger partial charge on any atom is -1.00 e. The van der Waals surface area contributed by atoms with E-state index in [1.165, 1.54) is 38.8 Å². The third-order valence-corrected chi connectivity index (χ3v) is 4.41. The molecule has 0 spiro atoms. The van der Waals surface area contributed by atoms with Crippen LogP contribution in [-0.4, -0.2) is 83.3 Å². The maximum atomic E-state index is 9.96. The molecule has 0 aromatic carbocycles. The number of nitrogens with one attached hydrogen (secondary N) is 1. The van der Waals surface area contributed by atoms with E-state index in [2.05, 4.69) is 30.3 Å². The number of aliphatic hydroxyl groups is 2. The molecule has 0 aliphatic carbocycles. The topological polar surface area (TPSA) is 105 Å². The molecule has 3 N–H and O–H groups in total. The van der Waals surface area contributed by atoms with Crippen LogP contribution in [0.2, 0.25) is 0 Å². The number of alkyl halides is 1. The summed E-state index contributed by atoms with van der Waals surface area (Å²) in [6.45, 7) is 9.27. The minimum absolute atomic E-state index is 0. The van der Waals surface area contributed by atoms with E-state index in [9.17, 15) is 4.39 Å². The van der Waals surface area contributed by atoms with Crippen LogP contribution in [0.1, 0.15) is 55.2 Å². The van der Waals surface area contributed by atoms with Crippen molar-refractivity contribution in [3.63, 3.8) is 0 Å². The van der Waals surface area contributed by atoms with Gasteiger partial charge in [0, 0.05) is 13.2 Å². The van der Waals surface area contributed by atoms with Gasteiger partial charge in [0.15, 0.2) is 0 Å². The van der Waals surface area contributed by atoms with Gasteiger partial charge in [-0.2, -0.15) is 0 Å². The SMILES string of the molecule is CC.CN1CCC(CCO)CC1.O=CO[O-].OCCC1CCNCC1.[2H]CF.[B]F.[H-].[K+].[K+]. The van der Waals surface area contributed by atoms with Gasteiger partial charge >= 0.3 is 111 Å². The number of halogens is 2. The zero-order valence-electron chi connectivity index (χ0n) is 22.3. The first kappa shape index (κ1) is 43.5. The number of aliphatic hydroxyl groups excluding tert-OH is 2. The molecular formula is C19H43BF2K2N2O5. The zero-order valence-corrected chi connectivity index (χ0v) is 26.6. The van der Waals surface area contributed by atoms with Gasteiger partial charge in [-0.15, -0.1) is 0 Å². The van der Waals surface area contributed by atoms with Crippen LogP contribution in [0.4, 0.5) is 8.71 Å². The van der Waals surface area contributed by atoms with Crippen LogP contribution in [0.5, 0.6) is 0 Å². The predicted octanol–water partition coefficient (Wildman–Crippen LogP) is -4.71. The number of likely N-dealkylation sites (tertiary alicyclic amines) is 1. The Balaban J connectivity index is -0.0000000543. The van der Waals surface area contributed by atoms with E-state index in [0.29, 0.717) is 13.2 Å². The van der Waals surface area contributed by atoms with Gasteiger partial charge in [0.2, 0.25) is 0 Å². The van der Waals surface area contributed by atoms with Gasteiger partial charge in [0.05, 0.1) is 8.52 Å². The monoisotopic (exact) mass is 507 g/mol. The Hall–Kier alpha value is 2.47. The molecule has 2 saturated heterocycles. The fourth-order valence-corrected chi connectivity index (χ4v) is 2.89. The van der Waals surface area contributed by atoms with E-state index < -0.39 is 7.15 Å². The molecule has 2 radical (unpaired) electrons. The second-order valence-corrected chi connectivity index (χ2v) is 6.16. The molecule has 0 amide bonds. The van der Waals surface area contributed by atoms with Crippen LogP contribution in [0.3, 0.4) is 0 Å². The average Bonchev–Trinajstić information content (AvgIpc) is 2.80. The third-order valence-electron chi connectivity index (χ3n) is 4.41. The van der Waals surface area contributed by atoms with Crippen LogP contribution in [0.25, 0.3) is 0 Å². The molecule has 0 saturated carbocycles. The fraction of sp³-hybridized carbons (Fsp3) is 0.947. The van der Waals surface area contributed by atoms with E-state index in [1.807, 2.05) is 13.8 Å². The van der Waals surface area contributed by atoms with Crippen molar-refractivity contribution in [3.8, 4) is 0 Å². The standard InChI is InChI=1S/C8H17NO.C7H15NO.C2H6.CH3F.CH2O3.BF.2K.H/c1-9-5-2-8(3-6-9)4-7-10;9-6-3-7-1-4-8-5-2-7;2*1-2;2-1-4-3;1-2;;;/h8,10H,2-7H2,1H3;7-9H,1-6H2;1-2H3;1H3;1,3H;;;;/q;;;;;;2*+1;-1/p-1/i;;;1D;;;;;. The molecule has 178 valence electrons.